The van der Waals surface area contributed by atoms with Crippen molar-refractivity contribution in [3.8, 4) is 27.9 Å². The zero-order valence-corrected chi connectivity index (χ0v) is 35.5. The molecule has 0 amide bonds. The normalized spacial score (nSPS) is 12.2. The quantitative estimate of drug-likeness (QED) is 0.0963. The number of thiophene rings is 1. The first kappa shape index (κ1) is 36.9. The molecule has 10 aromatic rings. The Bertz CT molecular complexity index is 3230. The summed E-state index contributed by atoms with van der Waals surface area (Å²) in [6.07, 6.45) is 9.73. The lowest BCUT2D eigenvalue weighted by molar-refractivity contribution is 0.717. The van der Waals surface area contributed by atoms with Crippen LogP contribution in [0, 0.1) is 0 Å². The number of nitrogens with one attached hydrogen (secondary N) is 1. The number of benzene rings is 8. The molecule has 8 aromatic carbocycles. The third kappa shape index (κ3) is 6.32. The van der Waals surface area contributed by atoms with E-state index < -0.39 is 0 Å². The first-order chi connectivity index (χ1) is 29.7. The average molecular weight is 793 g/mol. The van der Waals surface area contributed by atoms with Gasteiger partial charge in [-0.2, -0.15) is 0 Å². The van der Waals surface area contributed by atoms with Crippen molar-refractivity contribution in [2.75, 3.05) is 5.32 Å². The van der Waals surface area contributed by atoms with Crippen LogP contribution in [0.2, 0.25) is 0 Å². The van der Waals surface area contributed by atoms with E-state index in [1.807, 2.05) is 11.3 Å². The Morgan fingerprint density at radius 1 is 0.550 bits per heavy atom. The van der Waals surface area contributed by atoms with E-state index in [4.69, 9.17) is 0 Å². The minimum Gasteiger partial charge on any atom is -0.355 e. The number of rotatable bonds is 12. The molecule has 1 aliphatic heterocycles. The third-order valence-electron chi connectivity index (χ3n) is 13.0. The lowest BCUT2D eigenvalue weighted by Crippen LogP contribution is -2.37. The monoisotopic (exact) mass is 792 g/mol. The standard InChI is InChI=1S/C56H49BN2S/c1-3-5-8-16-36-24-28-40(29-25-36)58-48-34-46-52(60-51-31-27-39-20-12-13-21-41(39)53(46)51)35-44(48)45-33-43(38-18-10-7-11-19-38)54-42-22-14-15-23-49(42)59-50-30-26-37(17-9-6-4-2)32-47(50)57-55(45)56(54)59/h7,10-15,18-35,57-58H,3-6,8-9,16-17H2,1-2H3. The molecule has 0 aliphatic carbocycles. The molecule has 3 heterocycles. The molecule has 292 valence electrons. The van der Waals surface area contributed by atoms with Gasteiger partial charge in [0, 0.05) is 59.1 Å². The minimum absolute atomic E-state index is 0.884. The molecule has 1 aliphatic rings. The first-order valence-electron chi connectivity index (χ1n) is 22.2. The molecule has 11 rings (SSSR count). The Morgan fingerprint density at radius 2 is 1.28 bits per heavy atom. The van der Waals surface area contributed by atoms with Crippen LogP contribution in [-0.2, 0) is 12.8 Å². The predicted molar refractivity (Wildman–Crippen MR) is 265 cm³/mol. The van der Waals surface area contributed by atoms with Gasteiger partial charge in [0.1, 0.15) is 0 Å². The van der Waals surface area contributed by atoms with Crippen LogP contribution < -0.4 is 16.2 Å². The van der Waals surface area contributed by atoms with Crippen molar-refractivity contribution in [3.63, 3.8) is 0 Å². The van der Waals surface area contributed by atoms with Gasteiger partial charge in [-0.15, -0.1) is 11.3 Å². The van der Waals surface area contributed by atoms with Crippen LogP contribution in [0.15, 0.2) is 152 Å². The molecule has 0 bridgehead atoms. The summed E-state index contributed by atoms with van der Waals surface area (Å²) in [7, 11) is 0.884. The highest BCUT2D eigenvalue weighted by molar-refractivity contribution is 7.26. The molecule has 0 saturated heterocycles. The lowest BCUT2D eigenvalue weighted by Gasteiger charge is -2.25. The summed E-state index contributed by atoms with van der Waals surface area (Å²) in [5.74, 6) is 0. The second-order valence-corrected chi connectivity index (χ2v) is 18.0. The number of anilines is 2. The zero-order chi connectivity index (χ0) is 40.2. The number of hydrogen-bond donors (Lipinski definition) is 1. The average Bonchev–Trinajstić information content (AvgIpc) is 3.84. The van der Waals surface area contributed by atoms with Crippen LogP contribution >= 0.6 is 11.3 Å². The molecule has 2 aromatic heterocycles. The summed E-state index contributed by atoms with van der Waals surface area (Å²) in [5, 5.41) is 11.9. The molecular formula is C56H49BN2S. The summed E-state index contributed by atoms with van der Waals surface area (Å²) in [5.41, 5.74) is 16.9. The molecule has 0 saturated carbocycles. The third-order valence-corrected chi connectivity index (χ3v) is 14.2. The molecular weight excluding hydrogens is 744 g/mol. The maximum atomic E-state index is 4.03. The van der Waals surface area contributed by atoms with Crippen LogP contribution in [0.1, 0.15) is 63.5 Å². The van der Waals surface area contributed by atoms with Crippen LogP contribution in [-0.4, -0.2) is 11.8 Å². The van der Waals surface area contributed by atoms with E-state index in [2.05, 4.69) is 175 Å². The van der Waals surface area contributed by atoms with Crippen LogP contribution in [0.3, 0.4) is 0 Å². The summed E-state index contributed by atoms with van der Waals surface area (Å²) in [6.45, 7) is 4.57. The Hall–Kier alpha value is -6.10. The van der Waals surface area contributed by atoms with Crippen molar-refractivity contribution in [1.29, 1.82) is 0 Å². The molecule has 60 heavy (non-hydrogen) atoms. The topological polar surface area (TPSA) is 17.0 Å². The largest absolute Gasteiger partial charge is 0.355 e. The number of aromatic nitrogens is 1. The molecule has 4 heteroatoms. The zero-order valence-electron chi connectivity index (χ0n) is 34.7. The van der Waals surface area contributed by atoms with Gasteiger partial charge in [-0.3, -0.25) is 0 Å². The fourth-order valence-electron chi connectivity index (χ4n) is 10.1. The number of aryl methyl sites for hydroxylation is 2. The van der Waals surface area contributed by atoms with Crippen molar-refractivity contribution in [2.24, 2.45) is 0 Å². The summed E-state index contributed by atoms with van der Waals surface area (Å²) in [4.78, 5) is 0. The summed E-state index contributed by atoms with van der Waals surface area (Å²) < 4.78 is 5.24. The molecule has 2 nitrogen and oxygen atoms in total. The van der Waals surface area contributed by atoms with Gasteiger partial charge in [0.05, 0.1) is 5.52 Å². The van der Waals surface area contributed by atoms with Crippen LogP contribution in [0.25, 0.3) is 80.7 Å². The van der Waals surface area contributed by atoms with Gasteiger partial charge >= 0.3 is 0 Å². The Kier molecular flexibility index (Phi) is 9.54. The highest BCUT2D eigenvalue weighted by atomic mass is 32.1. The SMILES string of the molecule is CCCCCc1ccc(Nc2cc3c(cc2-c2cc(-c4ccccc4)c4c5ccccc5n5c4c2Bc2cc(CCCCC)ccc2-5)sc2ccc4ccccc4c23)cc1. The van der Waals surface area contributed by atoms with Gasteiger partial charge in [0.2, 0.25) is 0 Å². The van der Waals surface area contributed by atoms with E-state index in [0.717, 1.165) is 31.5 Å². The van der Waals surface area contributed by atoms with Crippen molar-refractivity contribution < 1.29 is 0 Å². The van der Waals surface area contributed by atoms with Crippen molar-refractivity contribution >= 4 is 93.7 Å². The smallest absolute Gasteiger partial charge is 0.198 e. The minimum atomic E-state index is 0.884. The molecule has 0 spiro atoms. The molecule has 0 unspecified atom stereocenters. The summed E-state index contributed by atoms with van der Waals surface area (Å²) >= 11 is 1.92. The molecule has 1 N–H and O–H groups in total. The number of hydrogen-bond acceptors (Lipinski definition) is 2. The second-order valence-electron chi connectivity index (χ2n) is 16.9. The van der Waals surface area contributed by atoms with Crippen molar-refractivity contribution in [1.82, 2.24) is 4.57 Å². The van der Waals surface area contributed by atoms with E-state index in [-0.39, 0.29) is 0 Å². The van der Waals surface area contributed by atoms with Gasteiger partial charge in [0.25, 0.3) is 0 Å². The van der Waals surface area contributed by atoms with Crippen LogP contribution in [0.5, 0.6) is 0 Å². The van der Waals surface area contributed by atoms with Gasteiger partial charge in [0.15, 0.2) is 7.28 Å². The van der Waals surface area contributed by atoms with E-state index in [1.54, 1.807) is 0 Å². The highest BCUT2D eigenvalue weighted by Gasteiger charge is 2.29. The van der Waals surface area contributed by atoms with Crippen LogP contribution in [0.4, 0.5) is 11.4 Å². The van der Waals surface area contributed by atoms with E-state index in [1.165, 1.54) is 141 Å². The molecule has 0 fully saturated rings. The molecule has 0 atom stereocenters. The maximum Gasteiger partial charge on any atom is 0.198 e. The van der Waals surface area contributed by atoms with Gasteiger partial charge in [-0.05, 0) is 118 Å². The predicted octanol–water partition coefficient (Wildman–Crippen LogP) is 14.5. The number of nitrogens with zero attached hydrogens (tertiary/aromatic N) is 1. The van der Waals surface area contributed by atoms with E-state index in [0.29, 0.717) is 0 Å². The fourth-order valence-corrected chi connectivity index (χ4v) is 11.2. The highest BCUT2D eigenvalue weighted by Crippen LogP contribution is 2.46. The Balaban J connectivity index is 1.19. The summed E-state index contributed by atoms with van der Waals surface area (Å²) in [6, 6.07) is 57.6. The van der Waals surface area contributed by atoms with Gasteiger partial charge in [-0.25, -0.2) is 0 Å². The number of para-hydroxylation sites is 1. The number of unbranched alkanes of at least 4 members (excludes halogenated alkanes) is 4. The fraction of sp³-hybridized carbons (Fsp3) is 0.179. The maximum absolute atomic E-state index is 4.03. The van der Waals surface area contributed by atoms with Gasteiger partial charge in [-0.1, -0.05) is 148 Å². The Morgan fingerprint density at radius 3 is 2.10 bits per heavy atom. The van der Waals surface area contributed by atoms with E-state index in [9.17, 15) is 0 Å². The number of fused-ring (bicyclic) bond motifs is 10. The van der Waals surface area contributed by atoms with E-state index >= 15 is 0 Å². The first-order valence-corrected chi connectivity index (χ1v) is 23.0. The second kappa shape index (κ2) is 15.5. The lowest BCUT2D eigenvalue weighted by atomic mass is 9.58. The van der Waals surface area contributed by atoms with Crippen molar-refractivity contribution in [2.45, 2.75) is 65.2 Å². The van der Waals surface area contributed by atoms with Gasteiger partial charge < -0.3 is 9.88 Å². The Labute approximate surface area is 357 Å². The molecule has 0 radical (unpaired) electrons. The van der Waals surface area contributed by atoms with Crippen molar-refractivity contribution in [3.05, 3.63) is 163 Å².